The minimum Gasteiger partial charge on any atom is -0.494 e. The maximum absolute atomic E-state index is 5.81. The zero-order valence-electron chi connectivity index (χ0n) is 15.5. The number of rotatable bonds is 9. The summed E-state index contributed by atoms with van der Waals surface area (Å²) < 4.78 is 16.9. The van der Waals surface area contributed by atoms with Crippen LogP contribution in [0.25, 0.3) is 11.5 Å². The zero-order valence-corrected chi connectivity index (χ0v) is 15.5. The van der Waals surface area contributed by atoms with Crippen molar-refractivity contribution in [1.29, 1.82) is 0 Å². The van der Waals surface area contributed by atoms with Crippen molar-refractivity contribution in [3.8, 4) is 17.2 Å². The van der Waals surface area contributed by atoms with Gasteiger partial charge >= 0.3 is 0 Å². The first kappa shape index (κ1) is 18.2. The van der Waals surface area contributed by atoms with E-state index in [9.17, 15) is 0 Å². The van der Waals surface area contributed by atoms with Gasteiger partial charge in [-0.3, -0.25) is 4.90 Å². The quantitative estimate of drug-likeness (QED) is 0.518. The molecule has 6 heteroatoms. The van der Waals surface area contributed by atoms with Crippen LogP contribution in [-0.2, 0) is 6.54 Å². The fourth-order valence-electron chi connectivity index (χ4n) is 2.56. The Balaban J connectivity index is 1.60. The molecule has 0 aliphatic rings. The first-order valence-corrected chi connectivity index (χ1v) is 8.96. The van der Waals surface area contributed by atoms with Crippen molar-refractivity contribution >= 4 is 0 Å². The van der Waals surface area contributed by atoms with E-state index in [1.165, 1.54) is 0 Å². The fraction of sp³-hybridized carbons (Fsp3) is 0.400. The SMILES string of the molecule is CCCCOc1ccc(-c2nnc(CN(C)C(C)c3ccco3)o2)cc1. The second-order valence-electron chi connectivity index (χ2n) is 6.33. The Hall–Kier alpha value is -2.60. The Labute approximate surface area is 153 Å². The Morgan fingerprint density at radius 1 is 1.15 bits per heavy atom. The topological polar surface area (TPSA) is 64.5 Å². The second-order valence-corrected chi connectivity index (χ2v) is 6.33. The summed E-state index contributed by atoms with van der Waals surface area (Å²) in [5, 5.41) is 8.32. The molecule has 2 heterocycles. The highest BCUT2D eigenvalue weighted by Crippen LogP contribution is 2.24. The maximum atomic E-state index is 5.81. The number of benzene rings is 1. The normalized spacial score (nSPS) is 12.5. The maximum Gasteiger partial charge on any atom is 0.247 e. The van der Waals surface area contributed by atoms with Gasteiger partial charge in [0, 0.05) is 5.56 Å². The summed E-state index contributed by atoms with van der Waals surface area (Å²) in [6.45, 7) is 5.51. The minimum atomic E-state index is 0.125. The van der Waals surface area contributed by atoms with Gasteiger partial charge in [-0.1, -0.05) is 13.3 Å². The molecule has 6 nitrogen and oxygen atoms in total. The van der Waals surface area contributed by atoms with Gasteiger partial charge in [0.25, 0.3) is 0 Å². The number of hydrogen-bond acceptors (Lipinski definition) is 6. The van der Waals surface area contributed by atoms with Crippen LogP contribution >= 0.6 is 0 Å². The van der Waals surface area contributed by atoms with Crippen molar-refractivity contribution < 1.29 is 13.6 Å². The third-order valence-corrected chi connectivity index (χ3v) is 4.34. The monoisotopic (exact) mass is 355 g/mol. The molecule has 1 atom stereocenters. The van der Waals surface area contributed by atoms with E-state index in [1.807, 2.05) is 43.4 Å². The van der Waals surface area contributed by atoms with Crippen LogP contribution in [0.15, 0.2) is 51.5 Å². The predicted molar refractivity (Wildman–Crippen MR) is 98.7 cm³/mol. The molecule has 0 radical (unpaired) electrons. The van der Waals surface area contributed by atoms with Gasteiger partial charge in [0.1, 0.15) is 11.5 Å². The van der Waals surface area contributed by atoms with Crippen LogP contribution in [0.3, 0.4) is 0 Å². The molecule has 1 unspecified atom stereocenters. The highest BCUT2D eigenvalue weighted by molar-refractivity contribution is 5.53. The van der Waals surface area contributed by atoms with Crippen LogP contribution in [-0.4, -0.2) is 28.8 Å². The highest BCUT2D eigenvalue weighted by Gasteiger charge is 2.17. The fourth-order valence-corrected chi connectivity index (χ4v) is 2.56. The summed E-state index contributed by atoms with van der Waals surface area (Å²) in [4.78, 5) is 2.10. The van der Waals surface area contributed by atoms with Crippen molar-refractivity contribution in [2.75, 3.05) is 13.7 Å². The van der Waals surface area contributed by atoms with E-state index in [1.54, 1.807) is 6.26 Å². The van der Waals surface area contributed by atoms with Gasteiger partial charge in [0.2, 0.25) is 11.8 Å². The lowest BCUT2D eigenvalue weighted by Crippen LogP contribution is -2.21. The Morgan fingerprint density at radius 2 is 1.96 bits per heavy atom. The average molecular weight is 355 g/mol. The summed E-state index contributed by atoms with van der Waals surface area (Å²) in [6.07, 6.45) is 3.86. The van der Waals surface area contributed by atoms with Gasteiger partial charge in [-0.15, -0.1) is 10.2 Å². The first-order chi connectivity index (χ1) is 12.7. The molecular weight excluding hydrogens is 330 g/mol. The van der Waals surface area contributed by atoms with Crippen LogP contribution in [0.4, 0.5) is 0 Å². The van der Waals surface area contributed by atoms with Crippen molar-refractivity contribution in [3.05, 3.63) is 54.3 Å². The van der Waals surface area contributed by atoms with Crippen molar-refractivity contribution in [1.82, 2.24) is 15.1 Å². The lowest BCUT2D eigenvalue weighted by atomic mass is 10.2. The minimum absolute atomic E-state index is 0.125. The van der Waals surface area contributed by atoms with E-state index in [2.05, 4.69) is 28.9 Å². The standard InChI is InChI=1S/C20H25N3O3/c1-4-5-12-24-17-10-8-16(9-11-17)20-22-21-19(26-20)14-23(3)15(2)18-7-6-13-25-18/h6-11,13,15H,4-5,12,14H2,1-3H3. The van der Waals surface area contributed by atoms with Gasteiger partial charge in [-0.25, -0.2) is 0 Å². The van der Waals surface area contributed by atoms with Crippen LogP contribution in [0.2, 0.25) is 0 Å². The number of hydrogen-bond donors (Lipinski definition) is 0. The molecule has 0 fully saturated rings. The van der Waals surface area contributed by atoms with Crippen LogP contribution in [0.1, 0.15) is 44.4 Å². The largest absolute Gasteiger partial charge is 0.494 e. The smallest absolute Gasteiger partial charge is 0.247 e. The molecule has 138 valence electrons. The van der Waals surface area contributed by atoms with E-state index in [0.29, 0.717) is 18.3 Å². The summed E-state index contributed by atoms with van der Waals surface area (Å²) >= 11 is 0. The van der Waals surface area contributed by atoms with Crippen molar-refractivity contribution in [3.63, 3.8) is 0 Å². The van der Waals surface area contributed by atoms with E-state index >= 15 is 0 Å². The Kier molecular flexibility index (Phi) is 6.07. The number of ether oxygens (including phenoxy) is 1. The van der Waals surface area contributed by atoms with E-state index in [-0.39, 0.29) is 6.04 Å². The Morgan fingerprint density at radius 3 is 2.65 bits per heavy atom. The van der Waals surface area contributed by atoms with E-state index in [0.717, 1.165) is 36.5 Å². The number of furan rings is 1. The zero-order chi connectivity index (χ0) is 18.4. The average Bonchev–Trinajstić information content (AvgIpc) is 3.34. The van der Waals surface area contributed by atoms with Gasteiger partial charge in [-0.05, 0) is 56.8 Å². The summed E-state index contributed by atoms with van der Waals surface area (Å²) in [6, 6.07) is 11.7. The third kappa shape index (κ3) is 4.52. The van der Waals surface area contributed by atoms with Gasteiger partial charge < -0.3 is 13.6 Å². The molecular formula is C20H25N3O3. The summed E-state index contributed by atoms with van der Waals surface area (Å²) in [5.74, 6) is 2.85. The molecule has 2 aromatic heterocycles. The predicted octanol–water partition coefficient (Wildman–Crippen LogP) is 4.70. The molecule has 26 heavy (non-hydrogen) atoms. The summed E-state index contributed by atoms with van der Waals surface area (Å²) in [5.41, 5.74) is 0.883. The Bertz CT molecular complexity index is 781. The van der Waals surface area contributed by atoms with Gasteiger partial charge in [0.15, 0.2) is 0 Å². The summed E-state index contributed by atoms with van der Waals surface area (Å²) in [7, 11) is 2.00. The molecule has 0 aliphatic heterocycles. The molecule has 0 bridgehead atoms. The highest BCUT2D eigenvalue weighted by atomic mass is 16.5. The van der Waals surface area contributed by atoms with Crippen molar-refractivity contribution in [2.24, 2.45) is 0 Å². The molecule has 0 saturated heterocycles. The van der Waals surface area contributed by atoms with Crippen LogP contribution < -0.4 is 4.74 Å². The molecule has 0 N–H and O–H groups in total. The number of aromatic nitrogens is 2. The van der Waals surface area contributed by atoms with Crippen molar-refractivity contribution in [2.45, 2.75) is 39.3 Å². The van der Waals surface area contributed by atoms with E-state index in [4.69, 9.17) is 13.6 Å². The van der Waals surface area contributed by atoms with Gasteiger partial charge in [-0.2, -0.15) is 0 Å². The lowest BCUT2D eigenvalue weighted by molar-refractivity contribution is 0.204. The molecule has 3 rings (SSSR count). The van der Waals surface area contributed by atoms with Crippen LogP contribution in [0.5, 0.6) is 5.75 Å². The third-order valence-electron chi connectivity index (χ3n) is 4.34. The first-order valence-electron chi connectivity index (χ1n) is 8.96. The molecule has 0 spiro atoms. The molecule has 0 amide bonds. The molecule has 1 aromatic carbocycles. The van der Waals surface area contributed by atoms with Gasteiger partial charge in [0.05, 0.1) is 25.5 Å². The molecule has 0 aliphatic carbocycles. The second kappa shape index (κ2) is 8.67. The number of nitrogens with zero attached hydrogens (tertiary/aromatic N) is 3. The molecule has 3 aromatic rings. The molecule has 0 saturated carbocycles. The number of unbranched alkanes of at least 4 members (excludes halogenated alkanes) is 1. The van der Waals surface area contributed by atoms with E-state index < -0.39 is 0 Å². The van der Waals surface area contributed by atoms with Crippen LogP contribution in [0, 0.1) is 0 Å². The lowest BCUT2D eigenvalue weighted by Gasteiger charge is -2.20.